The molecule has 18 heavy (non-hydrogen) atoms. The predicted octanol–water partition coefficient (Wildman–Crippen LogP) is 2.47. The van der Waals surface area contributed by atoms with Crippen LogP contribution in [-0.4, -0.2) is 33.7 Å². The number of carbonyl (C=O) groups is 1. The summed E-state index contributed by atoms with van der Waals surface area (Å²) in [6.45, 7) is 2.46. The Balaban J connectivity index is 1.84. The molecule has 2 aliphatic rings. The molecule has 1 amide bonds. The van der Waals surface area contributed by atoms with Gasteiger partial charge in [-0.25, -0.2) is 0 Å². The van der Waals surface area contributed by atoms with Gasteiger partial charge < -0.3 is 10.4 Å². The third-order valence-electron chi connectivity index (χ3n) is 4.31. The normalized spacial score (nSPS) is 31.9. The molecule has 1 saturated heterocycles. The molecule has 1 aliphatic carbocycles. The van der Waals surface area contributed by atoms with E-state index >= 15 is 0 Å². The van der Waals surface area contributed by atoms with Crippen molar-refractivity contribution in [2.24, 2.45) is 0 Å². The number of hydrogen-bond acceptors (Lipinski definition) is 3. The van der Waals surface area contributed by atoms with Crippen LogP contribution in [-0.2, 0) is 4.79 Å². The average molecular weight is 271 g/mol. The van der Waals surface area contributed by atoms with E-state index in [9.17, 15) is 9.90 Å². The fourth-order valence-electron chi connectivity index (χ4n) is 2.95. The van der Waals surface area contributed by atoms with Crippen molar-refractivity contribution in [1.82, 2.24) is 5.32 Å². The summed E-state index contributed by atoms with van der Waals surface area (Å²) in [7, 11) is 0. The molecule has 0 aromatic carbocycles. The van der Waals surface area contributed by atoms with E-state index in [1.165, 1.54) is 12.8 Å². The Hall–Kier alpha value is -0.220. The molecule has 104 valence electrons. The summed E-state index contributed by atoms with van der Waals surface area (Å²) in [6.07, 6.45) is 8.33. The first-order chi connectivity index (χ1) is 8.54. The molecule has 3 nitrogen and oxygen atoms in total. The molecule has 0 aromatic rings. The lowest BCUT2D eigenvalue weighted by atomic mass is 9.94. The number of amides is 1. The minimum absolute atomic E-state index is 0.114. The van der Waals surface area contributed by atoms with E-state index in [0.29, 0.717) is 6.54 Å². The van der Waals surface area contributed by atoms with Crippen molar-refractivity contribution < 1.29 is 9.90 Å². The Bertz CT molecular complexity index is 292. The van der Waals surface area contributed by atoms with E-state index in [0.717, 1.165) is 44.3 Å². The first-order valence-corrected chi connectivity index (χ1v) is 8.17. The highest BCUT2D eigenvalue weighted by Crippen LogP contribution is 2.38. The van der Waals surface area contributed by atoms with Crippen LogP contribution in [0.3, 0.4) is 0 Å². The van der Waals surface area contributed by atoms with Crippen molar-refractivity contribution in [2.45, 2.75) is 68.6 Å². The van der Waals surface area contributed by atoms with Crippen LogP contribution in [0.1, 0.15) is 58.3 Å². The summed E-state index contributed by atoms with van der Waals surface area (Å²) < 4.78 is -0.263. The maximum absolute atomic E-state index is 12.2. The van der Waals surface area contributed by atoms with Crippen LogP contribution < -0.4 is 5.32 Å². The Kier molecular flexibility index (Phi) is 4.59. The Morgan fingerprint density at radius 2 is 1.83 bits per heavy atom. The zero-order valence-electron chi connectivity index (χ0n) is 11.3. The lowest BCUT2D eigenvalue weighted by Gasteiger charge is -2.29. The first-order valence-electron chi connectivity index (χ1n) is 7.19. The fourth-order valence-corrected chi connectivity index (χ4v) is 4.18. The topological polar surface area (TPSA) is 49.3 Å². The molecule has 1 saturated carbocycles. The largest absolute Gasteiger partial charge is 0.388 e. The van der Waals surface area contributed by atoms with Gasteiger partial charge in [-0.3, -0.25) is 4.79 Å². The number of carbonyl (C=O) groups excluding carboxylic acids is 1. The maximum atomic E-state index is 12.2. The number of nitrogens with one attached hydrogen (secondary N) is 1. The minimum atomic E-state index is -0.661. The second kappa shape index (κ2) is 5.83. The SMILES string of the molecule is CC1(C(=O)NCC2(O)CCCCCC2)CCCS1. The van der Waals surface area contributed by atoms with Gasteiger partial charge >= 0.3 is 0 Å². The standard InChI is InChI=1S/C14H25NO2S/c1-13(7-6-10-18-13)12(16)15-11-14(17)8-4-2-3-5-9-14/h17H,2-11H2,1H3,(H,15,16). The maximum Gasteiger partial charge on any atom is 0.236 e. The summed E-state index contributed by atoms with van der Waals surface area (Å²) in [5.74, 6) is 1.19. The van der Waals surface area contributed by atoms with Crippen molar-refractivity contribution in [2.75, 3.05) is 12.3 Å². The second-order valence-electron chi connectivity index (χ2n) is 6.00. The van der Waals surface area contributed by atoms with Crippen LogP contribution in [0.4, 0.5) is 0 Å². The zero-order valence-corrected chi connectivity index (χ0v) is 12.2. The van der Waals surface area contributed by atoms with Crippen LogP contribution >= 0.6 is 11.8 Å². The third-order valence-corrected chi connectivity index (χ3v) is 5.83. The summed E-state index contributed by atoms with van der Waals surface area (Å²) >= 11 is 1.75. The molecule has 0 radical (unpaired) electrons. The van der Waals surface area contributed by atoms with E-state index in [1.54, 1.807) is 11.8 Å². The quantitative estimate of drug-likeness (QED) is 0.775. The van der Waals surface area contributed by atoms with E-state index < -0.39 is 5.60 Å². The van der Waals surface area contributed by atoms with Crippen molar-refractivity contribution in [3.8, 4) is 0 Å². The Labute approximate surface area is 114 Å². The highest BCUT2D eigenvalue weighted by atomic mass is 32.2. The van der Waals surface area contributed by atoms with Crippen LogP contribution in [0.25, 0.3) is 0 Å². The minimum Gasteiger partial charge on any atom is -0.388 e. The van der Waals surface area contributed by atoms with E-state index in [2.05, 4.69) is 5.32 Å². The molecule has 2 N–H and O–H groups in total. The highest BCUT2D eigenvalue weighted by molar-refractivity contribution is 8.01. The molecular formula is C14H25NO2S. The molecule has 1 atom stereocenters. The lowest BCUT2D eigenvalue weighted by molar-refractivity contribution is -0.124. The smallest absolute Gasteiger partial charge is 0.236 e. The summed E-state index contributed by atoms with van der Waals surface area (Å²) in [5.41, 5.74) is -0.661. The van der Waals surface area contributed by atoms with Crippen LogP contribution in [0.5, 0.6) is 0 Å². The predicted molar refractivity (Wildman–Crippen MR) is 75.8 cm³/mol. The molecule has 0 spiro atoms. The summed E-state index contributed by atoms with van der Waals surface area (Å²) in [4.78, 5) is 12.2. The van der Waals surface area contributed by atoms with E-state index in [-0.39, 0.29) is 10.7 Å². The van der Waals surface area contributed by atoms with Crippen molar-refractivity contribution in [3.63, 3.8) is 0 Å². The first kappa shape index (κ1) is 14.2. The molecule has 2 fully saturated rings. The lowest BCUT2D eigenvalue weighted by Crippen LogP contribution is -2.48. The zero-order chi connectivity index (χ0) is 13.1. The van der Waals surface area contributed by atoms with Gasteiger partial charge in [0.1, 0.15) is 0 Å². The van der Waals surface area contributed by atoms with Crippen molar-refractivity contribution >= 4 is 17.7 Å². The average Bonchev–Trinajstić information content (AvgIpc) is 2.68. The van der Waals surface area contributed by atoms with Gasteiger partial charge in [-0.15, -0.1) is 11.8 Å². The fraction of sp³-hybridized carbons (Fsp3) is 0.929. The Morgan fingerprint density at radius 1 is 1.17 bits per heavy atom. The molecule has 4 heteroatoms. The number of hydrogen-bond donors (Lipinski definition) is 2. The van der Waals surface area contributed by atoms with Gasteiger partial charge in [0.25, 0.3) is 0 Å². The highest BCUT2D eigenvalue weighted by Gasteiger charge is 2.38. The molecule has 0 aromatic heterocycles. The van der Waals surface area contributed by atoms with Crippen LogP contribution in [0, 0.1) is 0 Å². The molecule has 1 aliphatic heterocycles. The Morgan fingerprint density at radius 3 is 2.39 bits per heavy atom. The molecule has 1 unspecified atom stereocenters. The number of rotatable bonds is 3. The second-order valence-corrected chi connectivity index (χ2v) is 7.60. The van der Waals surface area contributed by atoms with Gasteiger partial charge in [-0.2, -0.15) is 0 Å². The van der Waals surface area contributed by atoms with Gasteiger partial charge in [-0.05, 0) is 38.4 Å². The molecular weight excluding hydrogens is 246 g/mol. The van der Waals surface area contributed by atoms with Crippen molar-refractivity contribution in [3.05, 3.63) is 0 Å². The molecule has 1 heterocycles. The van der Waals surface area contributed by atoms with E-state index in [4.69, 9.17) is 0 Å². The number of aliphatic hydroxyl groups is 1. The summed E-state index contributed by atoms with van der Waals surface area (Å²) in [6, 6.07) is 0. The van der Waals surface area contributed by atoms with Gasteiger partial charge in [0.2, 0.25) is 5.91 Å². The number of thioether (sulfide) groups is 1. The summed E-state index contributed by atoms with van der Waals surface area (Å²) in [5, 5.41) is 13.5. The van der Waals surface area contributed by atoms with E-state index in [1.807, 2.05) is 6.92 Å². The monoisotopic (exact) mass is 271 g/mol. The van der Waals surface area contributed by atoms with Gasteiger partial charge in [0.05, 0.1) is 10.3 Å². The molecule has 0 bridgehead atoms. The third kappa shape index (κ3) is 3.41. The van der Waals surface area contributed by atoms with Gasteiger partial charge in [-0.1, -0.05) is 25.7 Å². The molecule has 2 rings (SSSR count). The van der Waals surface area contributed by atoms with Crippen LogP contribution in [0.2, 0.25) is 0 Å². The van der Waals surface area contributed by atoms with Crippen LogP contribution in [0.15, 0.2) is 0 Å². The van der Waals surface area contributed by atoms with Gasteiger partial charge in [0.15, 0.2) is 0 Å². The van der Waals surface area contributed by atoms with Crippen molar-refractivity contribution in [1.29, 1.82) is 0 Å². The van der Waals surface area contributed by atoms with Gasteiger partial charge in [0, 0.05) is 6.54 Å².